The van der Waals surface area contributed by atoms with Crippen molar-refractivity contribution in [2.45, 2.75) is 0 Å². The minimum atomic E-state index is -0.643. The predicted molar refractivity (Wildman–Crippen MR) is 93.7 cm³/mol. The molecular formula is C16H13N7O3. The molecule has 1 aromatic carbocycles. The number of pyridine rings is 1. The van der Waals surface area contributed by atoms with Gasteiger partial charge in [-0.25, -0.2) is 9.97 Å². The summed E-state index contributed by atoms with van der Waals surface area (Å²) < 4.78 is 0. The van der Waals surface area contributed by atoms with E-state index < -0.39 is 16.5 Å². The van der Waals surface area contributed by atoms with Crippen LogP contribution in [0.4, 0.5) is 23.0 Å². The highest BCUT2D eigenvalue weighted by Crippen LogP contribution is 2.30. The topological polar surface area (TPSA) is 135 Å². The van der Waals surface area contributed by atoms with Gasteiger partial charge in [-0.05, 0) is 24.3 Å². The van der Waals surface area contributed by atoms with E-state index in [0.29, 0.717) is 11.3 Å². The Kier molecular flexibility index (Phi) is 4.94. The van der Waals surface area contributed by atoms with Gasteiger partial charge in [-0.15, -0.1) is 0 Å². The molecule has 10 nitrogen and oxygen atoms in total. The summed E-state index contributed by atoms with van der Waals surface area (Å²) in [7, 11) is 0. The van der Waals surface area contributed by atoms with Crippen molar-refractivity contribution in [1.82, 2.24) is 20.4 Å². The van der Waals surface area contributed by atoms with Crippen LogP contribution in [0.25, 0.3) is 0 Å². The molecular weight excluding hydrogens is 338 g/mol. The first kappa shape index (κ1) is 16.8. The molecule has 0 saturated heterocycles. The van der Waals surface area contributed by atoms with E-state index in [4.69, 9.17) is 0 Å². The maximum Gasteiger partial charge on any atom is 0.355 e. The van der Waals surface area contributed by atoms with Crippen molar-refractivity contribution < 1.29 is 9.72 Å². The van der Waals surface area contributed by atoms with Crippen LogP contribution in [0.5, 0.6) is 0 Å². The maximum absolute atomic E-state index is 12.1. The Balaban J connectivity index is 1.82. The van der Waals surface area contributed by atoms with Crippen LogP contribution >= 0.6 is 0 Å². The molecule has 0 radical (unpaired) electrons. The van der Waals surface area contributed by atoms with Gasteiger partial charge < -0.3 is 5.32 Å². The number of hydrazine groups is 1. The fourth-order valence-corrected chi connectivity index (χ4v) is 2.09. The normalized spacial score (nSPS) is 10.0. The van der Waals surface area contributed by atoms with Crippen molar-refractivity contribution in [2.75, 3.05) is 10.7 Å². The summed E-state index contributed by atoms with van der Waals surface area (Å²) in [6.07, 6.45) is 4.21. The summed E-state index contributed by atoms with van der Waals surface area (Å²) in [6, 6.07) is 11.8. The van der Waals surface area contributed by atoms with E-state index in [2.05, 4.69) is 31.1 Å². The summed E-state index contributed by atoms with van der Waals surface area (Å²) in [5.74, 6) is -0.643. The monoisotopic (exact) mass is 351 g/mol. The van der Waals surface area contributed by atoms with Crippen molar-refractivity contribution >= 4 is 28.9 Å². The second kappa shape index (κ2) is 7.66. The van der Waals surface area contributed by atoms with Gasteiger partial charge in [0.05, 0.1) is 16.8 Å². The molecule has 1 amide bonds. The van der Waals surface area contributed by atoms with Crippen molar-refractivity contribution in [3.05, 3.63) is 76.9 Å². The lowest BCUT2D eigenvalue weighted by atomic mass is 10.2. The third-order valence-corrected chi connectivity index (χ3v) is 3.26. The number of rotatable bonds is 6. The molecule has 3 aromatic rings. The summed E-state index contributed by atoms with van der Waals surface area (Å²) >= 11 is 0. The molecule has 0 unspecified atom stereocenters. The number of anilines is 3. The molecule has 0 spiro atoms. The molecule has 130 valence electrons. The Labute approximate surface area is 147 Å². The summed E-state index contributed by atoms with van der Waals surface area (Å²) in [5.41, 5.74) is 5.35. The Morgan fingerprint density at radius 1 is 1.04 bits per heavy atom. The minimum absolute atomic E-state index is 0.0329. The van der Waals surface area contributed by atoms with Gasteiger partial charge >= 0.3 is 5.69 Å². The number of aromatic nitrogens is 3. The van der Waals surface area contributed by atoms with Crippen LogP contribution in [0, 0.1) is 10.1 Å². The van der Waals surface area contributed by atoms with Crippen LogP contribution in [0.2, 0.25) is 0 Å². The quantitative estimate of drug-likeness (QED) is 0.455. The molecule has 0 fully saturated rings. The number of hydrogen-bond donors (Lipinski definition) is 3. The molecule has 0 aliphatic heterocycles. The number of nitro groups is 1. The zero-order valence-electron chi connectivity index (χ0n) is 13.3. The maximum atomic E-state index is 12.1. The van der Waals surface area contributed by atoms with E-state index in [1.165, 1.54) is 6.20 Å². The molecule has 3 rings (SSSR count). The molecule has 0 atom stereocenters. The summed E-state index contributed by atoms with van der Waals surface area (Å²) in [6.45, 7) is 0. The lowest BCUT2D eigenvalue weighted by molar-refractivity contribution is -0.383. The van der Waals surface area contributed by atoms with Crippen molar-refractivity contribution in [2.24, 2.45) is 0 Å². The zero-order chi connectivity index (χ0) is 18.4. The molecule has 0 saturated carbocycles. The molecule has 0 aliphatic carbocycles. The number of amides is 1. The number of nitrogens with zero attached hydrogens (tertiary/aromatic N) is 4. The van der Waals surface area contributed by atoms with Crippen LogP contribution < -0.4 is 16.2 Å². The Morgan fingerprint density at radius 2 is 1.81 bits per heavy atom. The molecule has 2 aromatic heterocycles. The SMILES string of the molecule is O=C(NNc1ncnc(Nc2cccnc2)c1[N+](=O)[O-])c1ccccc1. The van der Waals surface area contributed by atoms with Gasteiger partial charge in [0.1, 0.15) is 6.33 Å². The highest BCUT2D eigenvalue weighted by molar-refractivity contribution is 5.95. The van der Waals surface area contributed by atoms with Gasteiger partial charge in [0.15, 0.2) is 0 Å². The second-order valence-electron chi connectivity index (χ2n) is 4.99. The molecule has 10 heteroatoms. The van der Waals surface area contributed by atoms with Gasteiger partial charge in [0, 0.05) is 11.8 Å². The molecule has 3 N–H and O–H groups in total. The van der Waals surface area contributed by atoms with Crippen molar-refractivity contribution in [3.63, 3.8) is 0 Å². The van der Waals surface area contributed by atoms with Gasteiger partial charge in [0.25, 0.3) is 5.91 Å². The lowest BCUT2D eigenvalue weighted by Gasteiger charge is -2.10. The van der Waals surface area contributed by atoms with E-state index in [-0.39, 0.29) is 11.6 Å². The van der Waals surface area contributed by atoms with Crippen LogP contribution in [-0.2, 0) is 0 Å². The van der Waals surface area contributed by atoms with Crippen LogP contribution in [0.15, 0.2) is 61.2 Å². The van der Waals surface area contributed by atoms with E-state index in [9.17, 15) is 14.9 Å². The van der Waals surface area contributed by atoms with Gasteiger partial charge in [-0.1, -0.05) is 18.2 Å². The standard InChI is InChI=1S/C16H13N7O3/c24-16(11-5-2-1-3-6-11)22-21-15-13(23(25)26)14(18-10-19-15)20-12-7-4-8-17-9-12/h1-10H,(H,22,24)(H2,18,19,20,21). The van der Waals surface area contributed by atoms with Crippen LogP contribution in [-0.4, -0.2) is 25.8 Å². The lowest BCUT2D eigenvalue weighted by Crippen LogP contribution is -2.30. The molecule has 0 bridgehead atoms. The first-order valence-electron chi connectivity index (χ1n) is 7.43. The van der Waals surface area contributed by atoms with Crippen LogP contribution in [0.1, 0.15) is 10.4 Å². The Morgan fingerprint density at radius 3 is 2.50 bits per heavy atom. The smallest absolute Gasteiger partial charge is 0.333 e. The number of nitrogens with one attached hydrogen (secondary N) is 3. The third kappa shape index (κ3) is 3.87. The summed E-state index contributed by atoms with van der Waals surface area (Å²) in [5, 5.41) is 14.3. The highest BCUT2D eigenvalue weighted by atomic mass is 16.6. The molecule has 26 heavy (non-hydrogen) atoms. The van der Waals surface area contributed by atoms with Crippen molar-refractivity contribution in [1.29, 1.82) is 0 Å². The fraction of sp³-hybridized carbons (Fsp3) is 0. The molecule has 0 aliphatic rings. The number of carbonyl (C=O) groups excluding carboxylic acids is 1. The van der Waals surface area contributed by atoms with Gasteiger partial charge in [-0.3, -0.25) is 30.7 Å². The number of hydrogen-bond acceptors (Lipinski definition) is 8. The Bertz CT molecular complexity index is 920. The van der Waals surface area contributed by atoms with Gasteiger partial charge in [-0.2, -0.15) is 0 Å². The fourth-order valence-electron chi connectivity index (χ4n) is 2.09. The van der Waals surface area contributed by atoms with E-state index >= 15 is 0 Å². The van der Waals surface area contributed by atoms with E-state index in [1.54, 1.807) is 48.7 Å². The average Bonchev–Trinajstić information content (AvgIpc) is 2.67. The largest absolute Gasteiger partial charge is 0.355 e. The molecule has 2 heterocycles. The number of carbonyl (C=O) groups is 1. The Hall–Kier alpha value is -4.08. The van der Waals surface area contributed by atoms with Gasteiger partial charge in [0.2, 0.25) is 11.6 Å². The van der Waals surface area contributed by atoms with Crippen molar-refractivity contribution in [3.8, 4) is 0 Å². The highest BCUT2D eigenvalue weighted by Gasteiger charge is 2.23. The first-order valence-corrected chi connectivity index (χ1v) is 7.43. The average molecular weight is 351 g/mol. The van der Waals surface area contributed by atoms with E-state index in [1.807, 2.05) is 0 Å². The minimum Gasteiger partial charge on any atom is -0.333 e. The third-order valence-electron chi connectivity index (χ3n) is 3.26. The number of benzene rings is 1. The van der Waals surface area contributed by atoms with Crippen LogP contribution in [0.3, 0.4) is 0 Å². The predicted octanol–water partition coefficient (Wildman–Crippen LogP) is 2.28. The van der Waals surface area contributed by atoms with E-state index in [0.717, 1.165) is 6.33 Å². The zero-order valence-corrected chi connectivity index (χ0v) is 13.3. The summed E-state index contributed by atoms with van der Waals surface area (Å²) in [4.78, 5) is 34.5. The second-order valence-corrected chi connectivity index (χ2v) is 4.99. The first-order chi connectivity index (χ1) is 12.6.